The molecule has 0 fully saturated rings. The Labute approximate surface area is 108 Å². The lowest BCUT2D eigenvalue weighted by Crippen LogP contribution is -1.86. The second kappa shape index (κ2) is 5.10. The van der Waals surface area contributed by atoms with Crippen LogP contribution in [0, 0.1) is 0 Å². The van der Waals surface area contributed by atoms with Crippen molar-refractivity contribution in [1.29, 1.82) is 0 Å². The number of nitrogens with zero attached hydrogens (tertiary/aromatic N) is 2. The van der Waals surface area contributed by atoms with Gasteiger partial charge in [0.2, 0.25) is 0 Å². The van der Waals surface area contributed by atoms with Crippen molar-refractivity contribution in [3.63, 3.8) is 0 Å². The molecule has 2 rings (SSSR count). The number of hydrogen-bond acceptors (Lipinski definition) is 3. The van der Waals surface area contributed by atoms with E-state index >= 15 is 0 Å². The molecule has 86 valence electrons. The summed E-state index contributed by atoms with van der Waals surface area (Å²) < 4.78 is 0.929. The summed E-state index contributed by atoms with van der Waals surface area (Å²) in [7, 11) is 0. The number of halogens is 1. The number of aromatic hydroxyl groups is 1. The van der Waals surface area contributed by atoms with Crippen molar-refractivity contribution in [3.8, 4) is 5.75 Å². The maximum absolute atomic E-state index is 9.44. The summed E-state index contributed by atoms with van der Waals surface area (Å²) in [6.45, 7) is 1.96. The SMILES string of the molecule is CC(=Cc1cc(O)ccc1Br)c1cnccn1. The topological polar surface area (TPSA) is 46.0 Å². The number of phenolic OH excluding ortho intramolecular Hbond substituents is 1. The molecule has 1 aromatic carbocycles. The molecule has 0 unspecified atom stereocenters. The van der Waals surface area contributed by atoms with Gasteiger partial charge in [-0.3, -0.25) is 9.97 Å². The zero-order valence-electron chi connectivity index (χ0n) is 9.26. The summed E-state index contributed by atoms with van der Waals surface area (Å²) in [6.07, 6.45) is 6.96. The van der Waals surface area contributed by atoms with Crippen LogP contribution in [0.1, 0.15) is 18.2 Å². The molecule has 4 heteroatoms. The van der Waals surface area contributed by atoms with E-state index in [1.807, 2.05) is 19.1 Å². The van der Waals surface area contributed by atoms with Crippen molar-refractivity contribution in [1.82, 2.24) is 9.97 Å². The van der Waals surface area contributed by atoms with Gasteiger partial charge in [0, 0.05) is 16.9 Å². The van der Waals surface area contributed by atoms with Crippen molar-refractivity contribution in [2.45, 2.75) is 6.92 Å². The van der Waals surface area contributed by atoms with Gasteiger partial charge >= 0.3 is 0 Å². The molecule has 0 aliphatic rings. The highest BCUT2D eigenvalue weighted by Crippen LogP contribution is 2.25. The molecule has 1 aromatic heterocycles. The molecule has 0 atom stereocenters. The Kier molecular flexibility index (Phi) is 3.54. The Hall–Kier alpha value is -1.68. The first-order valence-electron chi connectivity index (χ1n) is 5.10. The Bertz CT molecular complexity index is 553. The normalized spacial score (nSPS) is 11.5. The van der Waals surface area contributed by atoms with Crippen LogP contribution < -0.4 is 0 Å². The third kappa shape index (κ3) is 2.91. The third-order valence-electron chi connectivity index (χ3n) is 2.32. The van der Waals surface area contributed by atoms with Crippen LogP contribution in [0.5, 0.6) is 5.75 Å². The number of aromatic nitrogens is 2. The average molecular weight is 291 g/mol. The maximum Gasteiger partial charge on any atom is 0.116 e. The fourth-order valence-electron chi connectivity index (χ4n) is 1.45. The third-order valence-corrected chi connectivity index (χ3v) is 3.04. The van der Waals surface area contributed by atoms with Gasteiger partial charge in [0.05, 0.1) is 11.9 Å². The van der Waals surface area contributed by atoms with Gasteiger partial charge in [0.15, 0.2) is 0 Å². The Balaban J connectivity index is 2.39. The van der Waals surface area contributed by atoms with E-state index in [4.69, 9.17) is 0 Å². The Morgan fingerprint density at radius 1 is 1.35 bits per heavy atom. The predicted octanol–water partition coefficient (Wildman–Crippen LogP) is 3.51. The molecule has 0 amide bonds. The maximum atomic E-state index is 9.44. The number of hydrogen-bond donors (Lipinski definition) is 1. The molecule has 1 heterocycles. The standard InChI is InChI=1S/C13H11BrN2O/c1-9(13-8-15-4-5-16-13)6-10-7-11(17)2-3-12(10)14/h2-8,17H,1H3. The van der Waals surface area contributed by atoms with E-state index < -0.39 is 0 Å². The lowest BCUT2D eigenvalue weighted by atomic mass is 10.1. The monoisotopic (exact) mass is 290 g/mol. The van der Waals surface area contributed by atoms with Gasteiger partial charge in [-0.2, -0.15) is 0 Å². The molecule has 0 bridgehead atoms. The summed E-state index contributed by atoms with van der Waals surface area (Å²) >= 11 is 3.44. The Morgan fingerprint density at radius 2 is 2.18 bits per heavy atom. The second-order valence-electron chi connectivity index (χ2n) is 3.62. The number of phenols is 1. The molecule has 2 aromatic rings. The van der Waals surface area contributed by atoms with Crippen LogP contribution in [-0.4, -0.2) is 15.1 Å². The zero-order valence-corrected chi connectivity index (χ0v) is 10.8. The Morgan fingerprint density at radius 3 is 2.88 bits per heavy atom. The first-order valence-corrected chi connectivity index (χ1v) is 5.89. The highest BCUT2D eigenvalue weighted by Gasteiger charge is 2.01. The van der Waals surface area contributed by atoms with E-state index in [0.29, 0.717) is 0 Å². The van der Waals surface area contributed by atoms with E-state index in [-0.39, 0.29) is 5.75 Å². The fraction of sp³-hybridized carbons (Fsp3) is 0.0769. The van der Waals surface area contributed by atoms with Crippen LogP contribution in [0.2, 0.25) is 0 Å². The smallest absolute Gasteiger partial charge is 0.116 e. The molecule has 0 spiro atoms. The number of rotatable bonds is 2. The van der Waals surface area contributed by atoms with Gasteiger partial charge in [0.1, 0.15) is 5.75 Å². The summed E-state index contributed by atoms with van der Waals surface area (Å²) in [5.74, 6) is 0.242. The van der Waals surface area contributed by atoms with E-state index in [1.54, 1.807) is 30.7 Å². The minimum atomic E-state index is 0.242. The van der Waals surface area contributed by atoms with Crippen molar-refractivity contribution in [2.75, 3.05) is 0 Å². The van der Waals surface area contributed by atoms with E-state index in [9.17, 15) is 5.11 Å². The van der Waals surface area contributed by atoms with Crippen LogP contribution >= 0.6 is 15.9 Å². The van der Waals surface area contributed by atoms with Crippen molar-refractivity contribution < 1.29 is 5.11 Å². The summed E-state index contributed by atoms with van der Waals surface area (Å²) in [5.41, 5.74) is 2.72. The quantitative estimate of drug-likeness (QED) is 0.921. The second-order valence-corrected chi connectivity index (χ2v) is 4.48. The first-order chi connectivity index (χ1) is 8.16. The molecule has 17 heavy (non-hydrogen) atoms. The number of benzene rings is 1. The molecular weight excluding hydrogens is 280 g/mol. The largest absolute Gasteiger partial charge is 0.508 e. The van der Waals surface area contributed by atoms with E-state index in [2.05, 4.69) is 25.9 Å². The molecular formula is C13H11BrN2O. The van der Waals surface area contributed by atoms with E-state index in [1.165, 1.54) is 0 Å². The van der Waals surface area contributed by atoms with Crippen molar-refractivity contribution >= 4 is 27.6 Å². The highest BCUT2D eigenvalue weighted by atomic mass is 79.9. The fourth-order valence-corrected chi connectivity index (χ4v) is 1.81. The van der Waals surface area contributed by atoms with Gasteiger partial charge in [-0.1, -0.05) is 15.9 Å². The summed E-state index contributed by atoms with van der Waals surface area (Å²) in [5, 5.41) is 9.44. The molecule has 0 saturated heterocycles. The molecule has 0 aliphatic carbocycles. The summed E-state index contributed by atoms with van der Waals surface area (Å²) in [6, 6.07) is 5.15. The van der Waals surface area contributed by atoms with Crippen LogP contribution in [0.4, 0.5) is 0 Å². The molecule has 0 saturated carbocycles. The summed E-state index contributed by atoms with van der Waals surface area (Å²) in [4.78, 5) is 8.24. The van der Waals surface area contributed by atoms with Gasteiger partial charge < -0.3 is 5.11 Å². The van der Waals surface area contributed by atoms with Crippen molar-refractivity contribution in [2.24, 2.45) is 0 Å². The lowest BCUT2D eigenvalue weighted by molar-refractivity contribution is 0.475. The minimum absolute atomic E-state index is 0.242. The van der Waals surface area contributed by atoms with Gasteiger partial charge in [-0.15, -0.1) is 0 Å². The van der Waals surface area contributed by atoms with Crippen molar-refractivity contribution in [3.05, 3.63) is 52.5 Å². The first kappa shape index (κ1) is 11.8. The molecule has 0 radical (unpaired) electrons. The van der Waals surface area contributed by atoms with Gasteiger partial charge in [0.25, 0.3) is 0 Å². The molecule has 1 N–H and O–H groups in total. The molecule has 0 aliphatic heterocycles. The molecule has 3 nitrogen and oxygen atoms in total. The van der Waals surface area contributed by atoms with Crippen LogP contribution in [0.3, 0.4) is 0 Å². The van der Waals surface area contributed by atoms with Crippen LogP contribution in [0.25, 0.3) is 11.6 Å². The van der Waals surface area contributed by atoms with Crippen LogP contribution in [-0.2, 0) is 0 Å². The lowest BCUT2D eigenvalue weighted by Gasteiger charge is -2.03. The minimum Gasteiger partial charge on any atom is -0.508 e. The van der Waals surface area contributed by atoms with Gasteiger partial charge in [-0.05, 0) is 42.3 Å². The van der Waals surface area contributed by atoms with E-state index in [0.717, 1.165) is 21.3 Å². The zero-order chi connectivity index (χ0) is 12.3. The highest BCUT2D eigenvalue weighted by molar-refractivity contribution is 9.10. The average Bonchev–Trinajstić information content (AvgIpc) is 2.35. The number of allylic oxidation sites excluding steroid dienone is 1. The predicted molar refractivity (Wildman–Crippen MR) is 71.4 cm³/mol. The van der Waals surface area contributed by atoms with Gasteiger partial charge in [-0.25, -0.2) is 0 Å². The van der Waals surface area contributed by atoms with Crippen LogP contribution in [0.15, 0.2) is 41.3 Å².